The van der Waals surface area contributed by atoms with E-state index in [2.05, 4.69) is 12.2 Å². The van der Waals surface area contributed by atoms with E-state index in [-0.39, 0.29) is 16.9 Å². The van der Waals surface area contributed by atoms with Crippen LogP contribution < -0.4 is 11.1 Å². The maximum absolute atomic E-state index is 12.1. The number of para-hydroxylation sites is 1. The van der Waals surface area contributed by atoms with Crippen molar-refractivity contribution in [1.29, 1.82) is 0 Å². The fourth-order valence-corrected chi connectivity index (χ4v) is 2.79. The molecule has 0 saturated heterocycles. The average Bonchev–Trinajstić information content (AvgIpc) is 2.81. The molecule has 0 bridgehead atoms. The summed E-state index contributed by atoms with van der Waals surface area (Å²) >= 11 is 0. The fraction of sp³-hybridized carbons (Fsp3) is 0.500. The maximum Gasteiger partial charge on any atom is 0.304 e. The summed E-state index contributed by atoms with van der Waals surface area (Å²) in [6, 6.07) is 4.41. The Morgan fingerprint density at radius 1 is 1.50 bits per heavy atom. The first-order chi connectivity index (χ1) is 9.49. The Kier molecular flexibility index (Phi) is 4.22. The van der Waals surface area contributed by atoms with Gasteiger partial charge in [-0.1, -0.05) is 19.4 Å². The van der Waals surface area contributed by atoms with Crippen LogP contribution in [0.4, 0.5) is 11.4 Å². The summed E-state index contributed by atoms with van der Waals surface area (Å²) in [6.45, 7) is 2.76. The lowest BCUT2D eigenvalue weighted by molar-refractivity contribution is -0.384. The van der Waals surface area contributed by atoms with Crippen LogP contribution in [-0.2, 0) is 0 Å². The summed E-state index contributed by atoms with van der Waals surface area (Å²) in [4.78, 5) is 22.5. The van der Waals surface area contributed by atoms with Crippen LogP contribution in [0.3, 0.4) is 0 Å². The van der Waals surface area contributed by atoms with Gasteiger partial charge in [0.25, 0.3) is 5.91 Å². The molecule has 0 spiro atoms. The summed E-state index contributed by atoms with van der Waals surface area (Å²) in [6.07, 6.45) is 3.37. The Bertz CT molecular complexity index is 530. The highest BCUT2D eigenvalue weighted by molar-refractivity contribution is 6.00. The smallest absolute Gasteiger partial charge is 0.304 e. The third-order valence-electron chi connectivity index (χ3n) is 3.85. The molecule has 1 aliphatic rings. The molecule has 2 unspecified atom stereocenters. The molecule has 3 N–H and O–H groups in total. The van der Waals surface area contributed by atoms with Crippen LogP contribution in [-0.4, -0.2) is 17.4 Å². The van der Waals surface area contributed by atoms with Gasteiger partial charge < -0.3 is 11.1 Å². The number of amides is 1. The molecular formula is C14H19N3O3. The van der Waals surface area contributed by atoms with Crippen molar-refractivity contribution in [2.45, 2.75) is 26.2 Å². The zero-order chi connectivity index (χ0) is 14.7. The topological polar surface area (TPSA) is 98.3 Å². The lowest BCUT2D eigenvalue weighted by Gasteiger charge is -2.11. The second kappa shape index (κ2) is 5.90. The van der Waals surface area contributed by atoms with Gasteiger partial charge in [0.05, 0.1) is 4.92 Å². The van der Waals surface area contributed by atoms with Crippen molar-refractivity contribution in [2.24, 2.45) is 11.8 Å². The first-order valence-corrected chi connectivity index (χ1v) is 6.80. The Morgan fingerprint density at radius 2 is 2.25 bits per heavy atom. The van der Waals surface area contributed by atoms with Gasteiger partial charge in [-0.15, -0.1) is 0 Å². The van der Waals surface area contributed by atoms with Crippen molar-refractivity contribution >= 4 is 17.3 Å². The predicted octanol–water partition coefficient (Wildman–Crippen LogP) is 2.34. The zero-order valence-corrected chi connectivity index (χ0v) is 11.5. The summed E-state index contributed by atoms with van der Waals surface area (Å²) in [5.41, 5.74) is 5.30. The first kappa shape index (κ1) is 14.3. The molecule has 1 aromatic rings. The summed E-state index contributed by atoms with van der Waals surface area (Å²) in [5.74, 6) is 0.733. The minimum Gasteiger partial charge on any atom is -0.393 e. The van der Waals surface area contributed by atoms with Crippen LogP contribution in [0.5, 0.6) is 0 Å². The number of nitro benzene ring substituents is 1. The number of nitrogens with one attached hydrogen (secondary N) is 1. The monoisotopic (exact) mass is 277 g/mol. The molecule has 6 nitrogen and oxygen atoms in total. The number of carbonyl (C=O) groups excluding carboxylic acids is 1. The van der Waals surface area contributed by atoms with E-state index in [1.807, 2.05) is 0 Å². The number of nitrogen functional groups attached to an aromatic ring is 1. The highest BCUT2D eigenvalue weighted by Crippen LogP contribution is 2.30. The maximum atomic E-state index is 12.1. The van der Waals surface area contributed by atoms with E-state index < -0.39 is 10.8 Å². The Labute approximate surface area is 117 Å². The normalized spacial score (nSPS) is 21.6. The second-order valence-electron chi connectivity index (χ2n) is 5.49. The summed E-state index contributed by atoms with van der Waals surface area (Å²) in [5, 5.41) is 13.8. The Hall–Kier alpha value is -2.11. The second-order valence-corrected chi connectivity index (χ2v) is 5.49. The molecule has 0 heterocycles. The SMILES string of the molecule is CC1CCC(CNC(=O)c2cccc(N)c2[N+](=O)[O-])C1. The van der Waals surface area contributed by atoms with Gasteiger partial charge >= 0.3 is 5.69 Å². The van der Waals surface area contributed by atoms with E-state index in [1.54, 1.807) is 6.07 Å². The molecule has 1 saturated carbocycles. The zero-order valence-electron chi connectivity index (χ0n) is 11.5. The number of nitrogens with two attached hydrogens (primary N) is 1. The van der Waals surface area contributed by atoms with E-state index >= 15 is 0 Å². The molecular weight excluding hydrogens is 258 g/mol. The van der Waals surface area contributed by atoms with Gasteiger partial charge in [0.2, 0.25) is 0 Å². The van der Waals surface area contributed by atoms with Crippen LogP contribution in [0.1, 0.15) is 36.5 Å². The van der Waals surface area contributed by atoms with Gasteiger partial charge in [0, 0.05) is 6.54 Å². The highest BCUT2D eigenvalue weighted by Gasteiger charge is 2.25. The number of carbonyl (C=O) groups is 1. The van der Waals surface area contributed by atoms with Crippen molar-refractivity contribution in [1.82, 2.24) is 5.32 Å². The lowest BCUT2D eigenvalue weighted by Crippen LogP contribution is -2.29. The number of nitro groups is 1. The third kappa shape index (κ3) is 3.07. The van der Waals surface area contributed by atoms with E-state index in [4.69, 9.17) is 5.73 Å². The van der Waals surface area contributed by atoms with Crippen molar-refractivity contribution in [2.75, 3.05) is 12.3 Å². The quantitative estimate of drug-likeness (QED) is 0.501. The van der Waals surface area contributed by atoms with E-state index in [0.29, 0.717) is 18.4 Å². The van der Waals surface area contributed by atoms with Crippen molar-refractivity contribution in [3.8, 4) is 0 Å². The van der Waals surface area contributed by atoms with Crippen LogP contribution >= 0.6 is 0 Å². The Morgan fingerprint density at radius 3 is 2.85 bits per heavy atom. The van der Waals surface area contributed by atoms with Crippen LogP contribution in [0, 0.1) is 22.0 Å². The van der Waals surface area contributed by atoms with Gasteiger partial charge in [-0.05, 0) is 36.8 Å². The molecule has 2 rings (SSSR count). The number of anilines is 1. The van der Waals surface area contributed by atoms with E-state index in [9.17, 15) is 14.9 Å². The lowest BCUT2D eigenvalue weighted by atomic mass is 10.1. The summed E-state index contributed by atoms with van der Waals surface area (Å²) < 4.78 is 0. The molecule has 0 aromatic heterocycles. The van der Waals surface area contributed by atoms with Crippen molar-refractivity contribution in [3.05, 3.63) is 33.9 Å². The largest absolute Gasteiger partial charge is 0.393 e. The highest BCUT2D eigenvalue weighted by atomic mass is 16.6. The fourth-order valence-electron chi connectivity index (χ4n) is 2.79. The first-order valence-electron chi connectivity index (χ1n) is 6.80. The molecule has 1 fully saturated rings. The van der Waals surface area contributed by atoms with Gasteiger partial charge in [-0.2, -0.15) is 0 Å². The van der Waals surface area contributed by atoms with Gasteiger partial charge in [0.15, 0.2) is 0 Å². The standard InChI is InChI=1S/C14H19N3O3/c1-9-5-6-10(7-9)8-16-14(18)11-3-2-4-12(15)13(11)17(19)20/h2-4,9-10H,5-8,15H2,1H3,(H,16,18). The van der Waals surface area contributed by atoms with Gasteiger partial charge in [-0.25, -0.2) is 0 Å². The average molecular weight is 277 g/mol. The number of benzene rings is 1. The van der Waals surface area contributed by atoms with Crippen LogP contribution in [0.25, 0.3) is 0 Å². The third-order valence-corrected chi connectivity index (χ3v) is 3.85. The number of hydrogen-bond acceptors (Lipinski definition) is 4. The minimum absolute atomic E-state index is 0.0112. The molecule has 2 atom stereocenters. The molecule has 1 amide bonds. The predicted molar refractivity (Wildman–Crippen MR) is 76.3 cm³/mol. The molecule has 0 radical (unpaired) electrons. The van der Waals surface area contributed by atoms with E-state index in [1.165, 1.54) is 18.6 Å². The summed E-state index contributed by atoms with van der Waals surface area (Å²) in [7, 11) is 0. The van der Waals surface area contributed by atoms with Crippen molar-refractivity contribution in [3.63, 3.8) is 0 Å². The minimum atomic E-state index is -0.609. The molecule has 108 valence electrons. The van der Waals surface area contributed by atoms with Crippen LogP contribution in [0.2, 0.25) is 0 Å². The molecule has 0 aliphatic heterocycles. The number of hydrogen-bond donors (Lipinski definition) is 2. The molecule has 20 heavy (non-hydrogen) atoms. The Balaban J connectivity index is 2.06. The van der Waals surface area contributed by atoms with E-state index in [0.717, 1.165) is 12.8 Å². The van der Waals surface area contributed by atoms with Gasteiger partial charge in [0.1, 0.15) is 11.3 Å². The number of rotatable bonds is 4. The van der Waals surface area contributed by atoms with Gasteiger partial charge in [-0.3, -0.25) is 14.9 Å². The molecule has 1 aliphatic carbocycles. The van der Waals surface area contributed by atoms with Crippen LogP contribution in [0.15, 0.2) is 18.2 Å². The molecule has 6 heteroatoms. The molecule has 1 aromatic carbocycles. The van der Waals surface area contributed by atoms with Crippen molar-refractivity contribution < 1.29 is 9.72 Å². The number of nitrogens with zero attached hydrogens (tertiary/aromatic N) is 1.